The molecule has 2 amide bonds. The largest absolute Gasteiger partial charge is 0.342 e. The Morgan fingerprint density at radius 1 is 0.821 bits per heavy atom. The quantitative estimate of drug-likeness (QED) is 0.325. The predicted octanol–water partition coefficient (Wildman–Crippen LogP) is 5.73. The van der Waals surface area contributed by atoms with Crippen molar-refractivity contribution in [3.05, 3.63) is 101 Å². The van der Waals surface area contributed by atoms with Gasteiger partial charge in [-0.1, -0.05) is 66.2 Å². The van der Waals surface area contributed by atoms with Crippen LogP contribution >= 0.6 is 11.6 Å². The zero-order valence-corrected chi connectivity index (χ0v) is 22.7. The van der Waals surface area contributed by atoms with Gasteiger partial charge in [-0.2, -0.15) is 0 Å². The maximum Gasteiger partial charge on any atom is 0.242 e. The first-order valence-corrected chi connectivity index (χ1v) is 14.2. The molecular formula is C32H33ClN4O2. The Labute approximate surface area is 234 Å². The van der Waals surface area contributed by atoms with E-state index >= 15 is 0 Å². The summed E-state index contributed by atoms with van der Waals surface area (Å²) in [4.78, 5) is 35.7. The summed E-state index contributed by atoms with van der Waals surface area (Å²) < 4.78 is 1.91. The van der Waals surface area contributed by atoms with Crippen LogP contribution in [-0.4, -0.2) is 57.3 Å². The molecule has 3 heterocycles. The summed E-state index contributed by atoms with van der Waals surface area (Å²) >= 11 is 6.22. The molecule has 200 valence electrons. The van der Waals surface area contributed by atoms with Crippen LogP contribution in [0.5, 0.6) is 0 Å². The molecule has 6 nitrogen and oxygen atoms in total. The smallest absolute Gasteiger partial charge is 0.242 e. The molecular weight excluding hydrogens is 508 g/mol. The second-order valence-corrected chi connectivity index (χ2v) is 11.2. The van der Waals surface area contributed by atoms with Gasteiger partial charge in [-0.3, -0.25) is 9.59 Å². The Morgan fingerprint density at radius 3 is 2.33 bits per heavy atom. The number of hydrogen-bond acceptors (Lipinski definition) is 3. The average molecular weight is 541 g/mol. The van der Waals surface area contributed by atoms with Gasteiger partial charge in [0, 0.05) is 43.0 Å². The average Bonchev–Trinajstić information content (AvgIpc) is 3.39. The zero-order chi connectivity index (χ0) is 26.8. The van der Waals surface area contributed by atoms with Crippen LogP contribution in [0.2, 0.25) is 5.02 Å². The number of likely N-dealkylation sites (tertiary alicyclic amines) is 2. The first-order chi connectivity index (χ1) is 19.1. The number of para-hydroxylation sites is 2. The van der Waals surface area contributed by atoms with E-state index in [0.29, 0.717) is 25.4 Å². The van der Waals surface area contributed by atoms with Gasteiger partial charge in [0.05, 0.1) is 17.4 Å². The summed E-state index contributed by atoms with van der Waals surface area (Å²) in [6, 6.07) is 26.2. The number of carbonyl (C=O) groups excluding carboxylic acids is 2. The van der Waals surface area contributed by atoms with E-state index in [0.717, 1.165) is 47.6 Å². The van der Waals surface area contributed by atoms with Gasteiger partial charge in [-0.25, -0.2) is 4.98 Å². The van der Waals surface area contributed by atoms with Crippen molar-refractivity contribution in [2.24, 2.45) is 5.92 Å². The van der Waals surface area contributed by atoms with Crippen molar-refractivity contribution >= 4 is 34.4 Å². The highest BCUT2D eigenvalue weighted by Gasteiger charge is 2.39. The first-order valence-electron chi connectivity index (χ1n) is 13.8. The number of halogens is 1. The SMILES string of the molecule is O=C(Cn1cnc2ccccc21)N1CC[C@@H](C(=O)N2CCC(c3cccc(Cl)c3)CC2)[C@H](c2ccccc2)C1. The van der Waals surface area contributed by atoms with E-state index in [1.165, 1.54) is 5.56 Å². The molecule has 1 aromatic heterocycles. The van der Waals surface area contributed by atoms with Crippen molar-refractivity contribution < 1.29 is 9.59 Å². The molecule has 4 aromatic rings. The maximum absolute atomic E-state index is 13.9. The number of fused-ring (bicyclic) bond motifs is 1. The van der Waals surface area contributed by atoms with Crippen molar-refractivity contribution in [1.82, 2.24) is 19.4 Å². The molecule has 7 heteroatoms. The van der Waals surface area contributed by atoms with Crippen LogP contribution < -0.4 is 0 Å². The van der Waals surface area contributed by atoms with Crippen LogP contribution in [0.4, 0.5) is 0 Å². The molecule has 2 saturated heterocycles. The van der Waals surface area contributed by atoms with Crippen molar-refractivity contribution in [1.29, 1.82) is 0 Å². The van der Waals surface area contributed by atoms with Gasteiger partial charge in [-0.05, 0) is 60.6 Å². The molecule has 0 N–H and O–H groups in total. The number of amides is 2. The Bertz CT molecular complexity index is 1460. The van der Waals surface area contributed by atoms with Crippen LogP contribution in [0.15, 0.2) is 85.2 Å². The van der Waals surface area contributed by atoms with Gasteiger partial charge in [-0.15, -0.1) is 0 Å². The fourth-order valence-corrected chi connectivity index (χ4v) is 6.52. The number of carbonyl (C=O) groups is 2. The second kappa shape index (κ2) is 11.2. The molecule has 2 aliphatic rings. The van der Waals surface area contributed by atoms with Crippen molar-refractivity contribution in [2.75, 3.05) is 26.2 Å². The molecule has 2 fully saturated rings. The van der Waals surface area contributed by atoms with Crippen LogP contribution in [0.25, 0.3) is 11.0 Å². The van der Waals surface area contributed by atoms with E-state index in [4.69, 9.17) is 11.6 Å². The van der Waals surface area contributed by atoms with Gasteiger partial charge in [0.15, 0.2) is 0 Å². The number of hydrogen-bond donors (Lipinski definition) is 0. The summed E-state index contributed by atoms with van der Waals surface area (Å²) in [6.07, 6.45) is 4.29. The molecule has 0 radical (unpaired) electrons. The number of nitrogens with zero attached hydrogens (tertiary/aromatic N) is 4. The van der Waals surface area contributed by atoms with Crippen molar-refractivity contribution in [2.45, 2.75) is 37.6 Å². The molecule has 2 atom stereocenters. The van der Waals surface area contributed by atoms with E-state index in [2.05, 4.69) is 34.1 Å². The minimum Gasteiger partial charge on any atom is -0.342 e. The summed E-state index contributed by atoms with van der Waals surface area (Å²) in [5.74, 6) is 0.555. The zero-order valence-electron chi connectivity index (χ0n) is 22.0. The third-order valence-electron chi connectivity index (χ3n) is 8.47. The monoisotopic (exact) mass is 540 g/mol. The lowest BCUT2D eigenvalue weighted by Gasteiger charge is -2.41. The van der Waals surface area contributed by atoms with E-state index in [9.17, 15) is 9.59 Å². The van der Waals surface area contributed by atoms with Gasteiger partial charge >= 0.3 is 0 Å². The molecule has 0 spiro atoms. The Morgan fingerprint density at radius 2 is 1.54 bits per heavy atom. The standard InChI is InChI=1S/C32H33ClN4O2/c33-26-10-6-9-25(19-26)23-13-16-35(17-14-23)32(39)27-15-18-36(20-28(27)24-7-2-1-3-8-24)31(38)21-37-22-34-29-11-4-5-12-30(29)37/h1-12,19,22-23,27-28H,13-18,20-21H2/t27-,28+/m1/s1. The fraction of sp³-hybridized carbons (Fsp3) is 0.344. The molecule has 0 saturated carbocycles. The van der Waals surface area contributed by atoms with Crippen molar-refractivity contribution in [3.63, 3.8) is 0 Å². The molecule has 3 aromatic carbocycles. The van der Waals surface area contributed by atoms with Crippen LogP contribution in [0.1, 0.15) is 42.2 Å². The number of piperidine rings is 2. The lowest BCUT2D eigenvalue weighted by molar-refractivity contribution is -0.142. The van der Waals surface area contributed by atoms with Gasteiger partial charge in [0.2, 0.25) is 11.8 Å². The summed E-state index contributed by atoms with van der Waals surface area (Å²) in [7, 11) is 0. The highest BCUT2D eigenvalue weighted by atomic mass is 35.5. The maximum atomic E-state index is 13.9. The Balaban J connectivity index is 1.15. The van der Waals surface area contributed by atoms with E-state index < -0.39 is 0 Å². The topological polar surface area (TPSA) is 58.4 Å². The summed E-state index contributed by atoms with van der Waals surface area (Å²) in [5.41, 5.74) is 4.22. The minimum absolute atomic E-state index is 0.0263. The second-order valence-electron chi connectivity index (χ2n) is 10.8. The van der Waals surface area contributed by atoms with Crippen LogP contribution in [0.3, 0.4) is 0 Å². The molecule has 0 aliphatic carbocycles. The number of aromatic nitrogens is 2. The normalized spacial score (nSPS) is 20.3. The highest BCUT2D eigenvalue weighted by Crippen LogP contribution is 2.36. The van der Waals surface area contributed by atoms with Gasteiger partial charge in [0.25, 0.3) is 0 Å². The minimum atomic E-state index is -0.131. The van der Waals surface area contributed by atoms with Gasteiger partial charge in [0.1, 0.15) is 6.54 Å². The Hall–Kier alpha value is -3.64. The molecule has 0 bridgehead atoms. The Kier molecular flexibility index (Phi) is 7.38. The van der Waals surface area contributed by atoms with Crippen LogP contribution in [0, 0.1) is 5.92 Å². The lowest BCUT2D eigenvalue weighted by Crippen LogP contribution is -2.50. The predicted molar refractivity (Wildman–Crippen MR) is 154 cm³/mol. The van der Waals surface area contributed by atoms with Gasteiger partial charge < -0.3 is 14.4 Å². The van der Waals surface area contributed by atoms with E-state index in [-0.39, 0.29) is 30.2 Å². The van der Waals surface area contributed by atoms with Crippen molar-refractivity contribution in [3.8, 4) is 0 Å². The van der Waals surface area contributed by atoms with E-state index in [1.54, 1.807) is 6.33 Å². The fourth-order valence-electron chi connectivity index (χ4n) is 6.32. The molecule has 0 unspecified atom stereocenters. The highest BCUT2D eigenvalue weighted by molar-refractivity contribution is 6.30. The number of imidazole rings is 1. The molecule has 6 rings (SSSR count). The number of benzene rings is 3. The first kappa shape index (κ1) is 25.6. The summed E-state index contributed by atoms with van der Waals surface area (Å²) in [6.45, 7) is 2.89. The molecule has 39 heavy (non-hydrogen) atoms. The lowest BCUT2D eigenvalue weighted by atomic mass is 9.79. The third kappa shape index (κ3) is 5.44. The van der Waals surface area contributed by atoms with E-state index in [1.807, 2.05) is 64.1 Å². The molecule has 2 aliphatic heterocycles. The van der Waals surface area contributed by atoms with Crippen LogP contribution in [-0.2, 0) is 16.1 Å². The third-order valence-corrected chi connectivity index (χ3v) is 8.71. The number of rotatable bonds is 5. The summed E-state index contributed by atoms with van der Waals surface area (Å²) in [5, 5.41) is 0.763.